The molecule has 0 bridgehead atoms. The Morgan fingerprint density at radius 3 is 2.41 bits per heavy atom. The molecular formula is C17H25N5. The summed E-state index contributed by atoms with van der Waals surface area (Å²) in [6.07, 6.45) is 6.10. The molecule has 0 aliphatic carbocycles. The Hall–Kier alpha value is -1.72. The van der Waals surface area contributed by atoms with Crippen LogP contribution >= 0.6 is 0 Å². The van der Waals surface area contributed by atoms with E-state index in [0.29, 0.717) is 6.04 Å². The third kappa shape index (κ3) is 4.15. The topological polar surface area (TPSA) is 37.2 Å². The largest absolute Gasteiger partial charge is 0.319 e. The van der Waals surface area contributed by atoms with Crippen molar-refractivity contribution >= 4 is 0 Å². The van der Waals surface area contributed by atoms with Gasteiger partial charge in [0.15, 0.2) is 0 Å². The number of aromatic nitrogens is 3. The molecule has 0 unspecified atom stereocenters. The smallest absolute Gasteiger partial charge is 0.119 e. The first-order chi connectivity index (χ1) is 10.8. The predicted octanol–water partition coefficient (Wildman–Crippen LogP) is 1.87. The minimum absolute atomic E-state index is 0.700. The summed E-state index contributed by atoms with van der Waals surface area (Å²) in [5.74, 6) is 0. The highest BCUT2D eigenvalue weighted by Crippen LogP contribution is 2.17. The maximum Gasteiger partial charge on any atom is 0.119 e. The van der Waals surface area contributed by atoms with Crippen molar-refractivity contribution in [3.05, 3.63) is 48.5 Å². The van der Waals surface area contributed by atoms with Gasteiger partial charge in [-0.2, -0.15) is 0 Å². The predicted molar refractivity (Wildman–Crippen MR) is 87.4 cm³/mol. The molecule has 1 aliphatic rings. The van der Waals surface area contributed by atoms with Crippen LogP contribution in [0, 0.1) is 0 Å². The molecule has 1 saturated heterocycles. The normalized spacial score (nSPS) is 17.2. The fourth-order valence-corrected chi connectivity index (χ4v) is 3.18. The standard InChI is InChI=1S/C17H25N5/c1-20(13-16-5-3-2-4-6-16)17-7-9-21(10-8-17)11-12-22-14-18-19-15-22/h2-6,14-15,17H,7-13H2,1H3. The lowest BCUT2D eigenvalue weighted by Crippen LogP contribution is -2.43. The molecule has 0 spiro atoms. The third-order valence-corrected chi connectivity index (χ3v) is 4.60. The maximum absolute atomic E-state index is 3.85. The Morgan fingerprint density at radius 1 is 1.05 bits per heavy atom. The van der Waals surface area contributed by atoms with Crippen LogP contribution in [0.15, 0.2) is 43.0 Å². The summed E-state index contributed by atoms with van der Waals surface area (Å²) in [7, 11) is 2.25. The van der Waals surface area contributed by atoms with Gasteiger partial charge < -0.3 is 9.47 Å². The first-order valence-corrected chi connectivity index (χ1v) is 8.10. The van der Waals surface area contributed by atoms with Gasteiger partial charge in [-0.15, -0.1) is 10.2 Å². The van der Waals surface area contributed by atoms with Crippen molar-refractivity contribution < 1.29 is 0 Å². The van der Waals surface area contributed by atoms with Crippen LogP contribution in [-0.2, 0) is 13.1 Å². The van der Waals surface area contributed by atoms with Gasteiger partial charge in [-0.05, 0) is 38.5 Å². The Balaban J connectivity index is 1.41. The number of hydrogen-bond acceptors (Lipinski definition) is 4. The molecule has 0 atom stereocenters. The van der Waals surface area contributed by atoms with Crippen LogP contribution in [0.2, 0.25) is 0 Å². The number of hydrogen-bond donors (Lipinski definition) is 0. The second-order valence-corrected chi connectivity index (χ2v) is 6.17. The molecule has 1 aromatic heterocycles. The van der Waals surface area contributed by atoms with Crippen molar-refractivity contribution in [1.29, 1.82) is 0 Å². The average molecular weight is 299 g/mol. The molecule has 1 aromatic carbocycles. The van der Waals surface area contributed by atoms with Crippen LogP contribution in [0.3, 0.4) is 0 Å². The van der Waals surface area contributed by atoms with E-state index in [1.807, 2.05) is 4.57 Å². The lowest BCUT2D eigenvalue weighted by atomic mass is 10.0. The molecule has 5 heteroatoms. The van der Waals surface area contributed by atoms with Crippen LogP contribution in [0.1, 0.15) is 18.4 Å². The zero-order valence-electron chi connectivity index (χ0n) is 13.3. The zero-order valence-corrected chi connectivity index (χ0v) is 13.3. The van der Waals surface area contributed by atoms with E-state index in [0.717, 1.165) is 19.6 Å². The van der Waals surface area contributed by atoms with E-state index in [2.05, 4.69) is 57.4 Å². The van der Waals surface area contributed by atoms with E-state index in [4.69, 9.17) is 0 Å². The summed E-state index contributed by atoms with van der Waals surface area (Å²) in [6.45, 7) is 5.49. The van der Waals surface area contributed by atoms with Gasteiger partial charge in [0.2, 0.25) is 0 Å². The number of rotatable bonds is 6. The number of nitrogens with zero attached hydrogens (tertiary/aromatic N) is 5. The van der Waals surface area contributed by atoms with Crippen LogP contribution in [0.4, 0.5) is 0 Å². The molecule has 118 valence electrons. The van der Waals surface area contributed by atoms with Crippen molar-refractivity contribution in [3.8, 4) is 0 Å². The van der Waals surface area contributed by atoms with Crippen molar-refractivity contribution in [1.82, 2.24) is 24.6 Å². The van der Waals surface area contributed by atoms with E-state index >= 15 is 0 Å². The molecule has 0 amide bonds. The number of likely N-dealkylation sites (tertiary alicyclic amines) is 1. The fourth-order valence-electron chi connectivity index (χ4n) is 3.18. The van der Waals surface area contributed by atoms with E-state index in [1.54, 1.807) is 12.7 Å². The Kier molecular flexibility index (Phi) is 5.19. The lowest BCUT2D eigenvalue weighted by Gasteiger charge is -2.36. The SMILES string of the molecule is CN(Cc1ccccc1)C1CCN(CCn2cnnc2)CC1. The van der Waals surface area contributed by atoms with Gasteiger partial charge in [0.25, 0.3) is 0 Å². The highest BCUT2D eigenvalue weighted by Gasteiger charge is 2.22. The van der Waals surface area contributed by atoms with Crippen LogP contribution in [0.25, 0.3) is 0 Å². The van der Waals surface area contributed by atoms with Crippen LogP contribution in [0.5, 0.6) is 0 Å². The van der Waals surface area contributed by atoms with Gasteiger partial charge in [0, 0.05) is 25.7 Å². The average Bonchev–Trinajstić information content (AvgIpc) is 3.08. The lowest BCUT2D eigenvalue weighted by molar-refractivity contribution is 0.121. The summed E-state index contributed by atoms with van der Waals surface area (Å²) >= 11 is 0. The highest BCUT2D eigenvalue weighted by molar-refractivity contribution is 5.14. The first-order valence-electron chi connectivity index (χ1n) is 8.10. The van der Waals surface area contributed by atoms with Gasteiger partial charge >= 0.3 is 0 Å². The maximum atomic E-state index is 3.85. The Bertz CT molecular complexity index is 531. The molecule has 2 heterocycles. The molecule has 2 aromatic rings. The quantitative estimate of drug-likeness (QED) is 0.816. The van der Waals surface area contributed by atoms with Crippen molar-refractivity contribution in [2.24, 2.45) is 0 Å². The molecule has 0 saturated carbocycles. The Labute approximate surface area is 132 Å². The number of benzene rings is 1. The summed E-state index contributed by atoms with van der Waals surface area (Å²) in [5, 5.41) is 7.70. The number of piperidine rings is 1. The molecule has 1 fully saturated rings. The van der Waals surface area contributed by atoms with Gasteiger partial charge in [-0.3, -0.25) is 4.90 Å². The second-order valence-electron chi connectivity index (χ2n) is 6.17. The minimum Gasteiger partial charge on any atom is -0.319 e. The monoisotopic (exact) mass is 299 g/mol. The minimum atomic E-state index is 0.700. The summed E-state index contributed by atoms with van der Waals surface area (Å²) in [6, 6.07) is 11.5. The Morgan fingerprint density at radius 2 is 1.73 bits per heavy atom. The third-order valence-electron chi connectivity index (χ3n) is 4.60. The molecule has 0 N–H and O–H groups in total. The van der Waals surface area contributed by atoms with Gasteiger partial charge in [-0.25, -0.2) is 0 Å². The van der Waals surface area contributed by atoms with E-state index in [9.17, 15) is 0 Å². The molecule has 5 nitrogen and oxygen atoms in total. The summed E-state index contributed by atoms with van der Waals surface area (Å²) in [5.41, 5.74) is 1.40. The van der Waals surface area contributed by atoms with E-state index in [1.165, 1.54) is 31.5 Å². The summed E-state index contributed by atoms with van der Waals surface area (Å²) < 4.78 is 2.05. The molecule has 22 heavy (non-hydrogen) atoms. The van der Waals surface area contributed by atoms with Crippen molar-refractivity contribution in [2.45, 2.75) is 32.0 Å². The van der Waals surface area contributed by atoms with Gasteiger partial charge in [0.1, 0.15) is 12.7 Å². The van der Waals surface area contributed by atoms with Crippen molar-refractivity contribution in [2.75, 3.05) is 26.7 Å². The van der Waals surface area contributed by atoms with Gasteiger partial charge in [-0.1, -0.05) is 30.3 Å². The molecule has 1 aliphatic heterocycles. The van der Waals surface area contributed by atoms with Crippen LogP contribution < -0.4 is 0 Å². The van der Waals surface area contributed by atoms with E-state index < -0.39 is 0 Å². The molecule has 3 rings (SSSR count). The van der Waals surface area contributed by atoms with E-state index in [-0.39, 0.29) is 0 Å². The van der Waals surface area contributed by atoms with Gasteiger partial charge in [0.05, 0.1) is 0 Å². The highest BCUT2D eigenvalue weighted by atomic mass is 15.2. The van der Waals surface area contributed by atoms with Crippen LogP contribution in [-0.4, -0.2) is 57.3 Å². The van der Waals surface area contributed by atoms with Crippen molar-refractivity contribution in [3.63, 3.8) is 0 Å². The summed E-state index contributed by atoms with van der Waals surface area (Å²) in [4.78, 5) is 5.05. The molecule has 0 radical (unpaired) electrons. The first kappa shape index (κ1) is 15.2. The zero-order chi connectivity index (χ0) is 15.2. The molecular weight excluding hydrogens is 274 g/mol. The fraction of sp³-hybridized carbons (Fsp3) is 0.529. The second kappa shape index (κ2) is 7.51.